The summed E-state index contributed by atoms with van der Waals surface area (Å²) in [5.74, 6) is 0. The van der Waals surface area contributed by atoms with Gasteiger partial charge < -0.3 is 5.32 Å². The fraction of sp³-hybridized carbons (Fsp3) is 0.286. The summed E-state index contributed by atoms with van der Waals surface area (Å²) in [5.41, 5.74) is 2.98. The first kappa shape index (κ1) is 8.78. The summed E-state index contributed by atoms with van der Waals surface area (Å²) in [4.78, 5) is 0. The molecule has 76 valence electrons. The Balaban J connectivity index is 2.47. The highest BCUT2D eigenvalue weighted by Crippen LogP contribution is 2.38. The van der Waals surface area contributed by atoms with E-state index in [2.05, 4.69) is 55.6 Å². The Morgan fingerprint density at radius 3 is 2.60 bits per heavy atom. The van der Waals surface area contributed by atoms with Crippen LogP contribution in [0.2, 0.25) is 0 Å². The maximum atomic E-state index is 3.52. The van der Waals surface area contributed by atoms with Gasteiger partial charge in [-0.15, -0.1) is 0 Å². The van der Waals surface area contributed by atoms with E-state index in [0.29, 0.717) is 0 Å². The first-order valence-corrected chi connectivity index (χ1v) is 5.45. The normalized spacial score (nSPS) is 17.5. The highest BCUT2D eigenvalue weighted by atomic mass is 14.9. The van der Waals surface area contributed by atoms with Crippen molar-refractivity contribution in [1.29, 1.82) is 0 Å². The summed E-state index contributed by atoms with van der Waals surface area (Å²) in [6.07, 6.45) is 0. The van der Waals surface area contributed by atoms with Gasteiger partial charge in [0, 0.05) is 23.0 Å². The Hall–Kier alpha value is -1.50. The van der Waals surface area contributed by atoms with Gasteiger partial charge in [-0.3, -0.25) is 0 Å². The van der Waals surface area contributed by atoms with Crippen LogP contribution in [-0.2, 0) is 5.41 Å². The molecule has 1 aliphatic heterocycles. The lowest BCUT2D eigenvalue weighted by molar-refractivity contribution is 0.556. The van der Waals surface area contributed by atoms with E-state index in [1.807, 2.05) is 0 Å². The lowest BCUT2D eigenvalue weighted by Gasteiger charge is -2.33. The molecule has 2 aromatic carbocycles. The van der Waals surface area contributed by atoms with Crippen molar-refractivity contribution in [3.63, 3.8) is 0 Å². The SMILES string of the molecule is CC1(C)CNc2cccc3cccc1c23. The predicted molar refractivity (Wildman–Crippen MR) is 65.5 cm³/mol. The molecule has 1 N–H and O–H groups in total. The van der Waals surface area contributed by atoms with E-state index >= 15 is 0 Å². The van der Waals surface area contributed by atoms with Gasteiger partial charge in [-0.05, 0) is 17.0 Å². The number of anilines is 1. The maximum Gasteiger partial charge on any atom is 0.0423 e. The quantitative estimate of drug-likeness (QED) is 0.681. The fourth-order valence-corrected chi connectivity index (χ4v) is 2.46. The lowest BCUT2D eigenvalue weighted by Crippen LogP contribution is -2.31. The van der Waals surface area contributed by atoms with Crippen LogP contribution in [0.25, 0.3) is 10.8 Å². The molecule has 0 bridgehead atoms. The molecular formula is C14H15N. The van der Waals surface area contributed by atoms with Crippen molar-refractivity contribution in [3.05, 3.63) is 42.0 Å². The van der Waals surface area contributed by atoms with Crippen LogP contribution < -0.4 is 5.32 Å². The summed E-state index contributed by atoms with van der Waals surface area (Å²) in [6.45, 7) is 5.61. The number of hydrogen-bond acceptors (Lipinski definition) is 1. The van der Waals surface area contributed by atoms with Crippen molar-refractivity contribution in [1.82, 2.24) is 0 Å². The zero-order valence-electron chi connectivity index (χ0n) is 9.17. The fourth-order valence-electron chi connectivity index (χ4n) is 2.46. The minimum Gasteiger partial charge on any atom is -0.384 e. The van der Waals surface area contributed by atoms with E-state index < -0.39 is 0 Å². The first-order chi connectivity index (χ1) is 7.18. The summed E-state index contributed by atoms with van der Waals surface area (Å²) >= 11 is 0. The van der Waals surface area contributed by atoms with Gasteiger partial charge in [-0.1, -0.05) is 44.2 Å². The van der Waals surface area contributed by atoms with Crippen LogP contribution >= 0.6 is 0 Å². The van der Waals surface area contributed by atoms with Gasteiger partial charge in [0.2, 0.25) is 0 Å². The van der Waals surface area contributed by atoms with Crippen LogP contribution in [0.5, 0.6) is 0 Å². The summed E-state index contributed by atoms with van der Waals surface area (Å²) in [6, 6.07) is 13.1. The Morgan fingerprint density at radius 1 is 1.07 bits per heavy atom. The van der Waals surface area contributed by atoms with Gasteiger partial charge in [-0.25, -0.2) is 0 Å². The molecule has 1 heterocycles. The summed E-state index contributed by atoms with van der Waals surface area (Å²) in [7, 11) is 0. The molecule has 1 aliphatic rings. The highest BCUT2D eigenvalue weighted by molar-refractivity contribution is 5.98. The standard InChI is InChI=1S/C14H15N/c1-14(2)9-15-12-8-4-6-10-5-3-7-11(14)13(10)12/h3-8,15H,9H2,1-2H3. The number of hydrogen-bond donors (Lipinski definition) is 1. The van der Waals surface area contributed by atoms with Gasteiger partial charge in [0.05, 0.1) is 0 Å². The first-order valence-electron chi connectivity index (χ1n) is 5.45. The zero-order valence-corrected chi connectivity index (χ0v) is 9.17. The third-order valence-electron chi connectivity index (χ3n) is 3.35. The molecule has 0 radical (unpaired) electrons. The Kier molecular flexibility index (Phi) is 1.61. The molecule has 1 nitrogen and oxygen atoms in total. The monoisotopic (exact) mass is 197 g/mol. The van der Waals surface area contributed by atoms with Gasteiger partial charge in [-0.2, -0.15) is 0 Å². The Labute approximate surface area is 90.1 Å². The van der Waals surface area contributed by atoms with Crippen molar-refractivity contribution >= 4 is 16.5 Å². The van der Waals surface area contributed by atoms with Crippen molar-refractivity contribution in [2.75, 3.05) is 11.9 Å². The van der Waals surface area contributed by atoms with E-state index in [0.717, 1.165) is 6.54 Å². The second kappa shape index (κ2) is 2.75. The number of benzene rings is 2. The van der Waals surface area contributed by atoms with Crippen LogP contribution in [-0.4, -0.2) is 6.54 Å². The molecule has 0 aliphatic carbocycles. The number of rotatable bonds is 0. The second-order valence-corrected chi connectivity index (χ2v) is 4.95. The molecule has 0 saturated heterocycles. The van der Waals surface area contributed by atoms with E-state index in [9.17, 15) is 0 Å². The van der Waals surface area contributed by atoms with E-state index in [4.69, 9.17) is 0 Å². The van der Waals surface area contributed by atoms with Gasteiger partial charge in [0.15, 0.2) is 0 Å². The molecule has 1 heteroatoms. The maximum absolute atomic E-state index is 3.52. The minimum absolute atomic E-state index is 0.230. The molecule has 0 amide bonds. The third kappa shape index (κ3) is 1.16. The van der Waals surface area contributed by atoms with Crippen molar-refractivity contribution in [3.8, 4) is 0 Å². The molecule has 0 unspecified atom stereocenters. The van der Waals surface area contributed by atoms with E-state index in [1.54, 1.807) is 0 Å². The topological polar surface area (TPSA) is 12.0 Å². The molecule has 0 fully saturated rings. The largest absolute Gasteiger partial charge is 0.384 e. The van der Waals surface area contributed by atoms with E-state index in [1.165, 1.54) is 22.0 Å². The van der Waals surface area contributed by atoms with Crippen LogP contribution in [0.4, 0.5) is 5.69 Å². The van der Waals surface area contributed by atoms with Crippen LogP contribution in [0, 0.1) is 0 Å². The minimum atomic E-state index is 0.230. The van der Waals surface area contributed by atoms with Crippen molar-refractivity contribution < 1.29 is 0 Å². The zero-order chi connectivity index (χ0) is 10.5. The van der Waals surface area contributed by atoms with E-state index in [-0.39, 0.29) is 5.41 Å². The smallest absolute Gasteiger partial charge is 0.0423 e. The Morgan fingerprint density at radius 2 is 1.80 bits per heavy atom. The molecule has 0 spiro atoms. The average Bonchev–Trinajstić information content (AvgIpc) is 2.24. The molecule has 0 atom stereocenters. The number of nitrogens with one attached hydrogen (secondary N) is 1. The van der Waals surface area contributed by atoms with Crippen LogP contribution in [0.15, 0.2) is 36.4 Å². The van der Waals surface area contributed by atoms with Gasteiger partial charge in [0.1, 0.15) is 0 Å². The predicted octanol–water partition coefficient (Wildman–Crippen LogP) is 3.54. The Bertz CT molecular complexity index is 521. The van der Waals surface area contributed by atoms with Crippen LogP contribution in [0.1, 0.15) is 19.4 Å². The van der Waals surface area contributed by atoms with Gasteiger partial charge in [0.25, 0.3) is 0 Å². The molecule has 0 aromatic heterocycles. The second-order valence-electron chi connectivity index (χ2n) is 4.95. The summed E-state index contributed by atoms with van der Waals surface area (Å²) < 4.78 is 0. The van der Waals surface area contributed by atoms with Crippen LogP contribution in [0.3, 0.4) is 0 Å². The summed E-state index contributed by atoms with van der Waals surface area (Å²) in [5, 5.41) is 6.25. The molecule has 3 rings (SSSR count). The molecule has 0 saturated carbocycles. The van der Waals surface area contributed by atoms with Gasteiger partial charge >= 0.3 is 0 Å². The third-order valence-corrected chi connectivity index (χ3v) is 3.35. The molecule has 2 aromatic rings. The molecular weight excluding hydrogens is 182 g/mol. The molecule has 15 heavy (non-hydrogen) atoms. The average molecular weight is 197 g/mol. The van der Waals surface area contributed by atoms with Crippen molar-refractivity contribution in [2.45, 2.75) is 19.3 Å². The lowest BCUT2D eigenvalue weighted by atomic mass is 9.79. The van der Waals surface area contributed by atoms with Crippen molar-refractivity contribution in [2.24, 2.45) is 0 Å². The highest BCUT2D eigenvalue weighted by Gasteiger charge is 2.27.